The molecule has 0 aliphatic heterocycles. The van der Waals surface area contributed by atoms with Gasteiger partial charge in [0.25, 0.3) is 0 Å². The van der Waals surface area contributed by atoms with Crippen molar-refractivity contribution in [2.45, 2.75) is 13.0 Å². The van der Waals surface area contributed by atoms with Crippen LogP contribution >= 0.6 is 11.3 Å². The number of nitrogens with zero attached hydrogens (tertiary/aromatic N) is 1. The number of hydrogen-bond donors (Lipinski definition) is 1. The number of benzene rings is 1. The summed E-state index contributed by atoms with van der Waals surface area (Å²) in [5.41, 5.74) is 6.48. The van der Waals surface area contributed by atoms with Gasteiger partial charge in [0.15, 0.2) is 5.76 Å². The van der Waals surface area contributed by atoms with Crippen LogP contribution in [0.4, 0.5) is 4.39 Å². The molecule has 0 amide bonds. The smallest absolute Gasteiger partial charge is 0.247 e. The third kappa shape index (κ3) is 2.23. The number of aromatic nitrogens is 1. The van der Waals surface area contributed by atoms with Crippen LogP contribution in [0.15, 0.2) is 34.1 Å². The minimum atomic E-state index is -0.370. The Morgan fingerprint density at radius 1 is 1.45 bits per heavy atom. The zero-order valence-corrected chi connectivity index (χ0v) is 11.4. The second-order valence-corrected chi connectivity index (χ2v) is 5.37. The summed E-state index contributed by atoms with van der Waals surface area (Å²) in [5, 5.41) is 2.89. The van der Waals surface area contributed by atoms with Gasteiger partial charge < -0.3 is 10.2 Å². The van der Waals surface area contributed by atoms with Crippen LogP contribution in [0.3, 0.4) is 0 Å². The minimum absolute atomic E-state index is 0.145. The van der Waals surface area contributed by atoms with Crippen LogP contribution in [0.25, 0.3) is 11.0 Å². The van der Waals surface area contributed by atoms with Crippen LogP contribution in [0.2, 0.25) is 0 Å². The Bertz CT molecular complexity index is 791. The summed E-state index contributed by atoms with van der Waals surface area (Å²) in [6, 6.07) is 5.41. The lowest BCUT2D eigenvalue weighted by Gasteiger charge is -1.96. The van der Waals surface area contributed by atoms with Crippen molar-refractivity contribution in [3.8, 4) is 0 Å². The predicted molar refractivity (Wildman–Crippen MR) is 74.3 cm³/mol. The fourth-order valence-corrected chi connectivity index (χ4v) is 2.61. The molecule has 1 aromatic carbocycles. The van der Waals surface area contributed by atoms with Crippen molar-refractivity contribution in [2.24, 2.45) is 5.73 Å². The Hall–Kier alpha value is -2.05. The highest BCUT2D eigenvalue weighted by Crippen LogP contribution is 2.24. The van der Waals surface area contributed by atoms with Gasteiger partial charge in [-0.1, -0.05) is 0 Å². The summed E-state index contributed by atoms with van der Waals surface area (Å²) < 4.78 is 18.5. The van der Waals surface area contributed by atoms with E-state index < -0.39 is 0 Å². The van der Waals surface area contributed by atoms with Gasteiger partial charge in [-0.2, -0.15) is 0 Å². The Labute approximate surface area is 118 Å². The van der Waals surface area contributed by atoms with Crippen LogP contribution in [-0.2, 0) is 0 Å². The first-order valence-corrected chi connectivity index (χ1v) is 6.87. The lowest BCUT2D eigenvalue weighted by Crippen LogP contribution is -2.06. The van der Waals surface area contributed by atoms with Crippen LogP contribution in [0, 0.1) is 5.82 Å². The molecule has 2 heterocycles. The summed E-state index contributed by atoms with van der Waals surface area (Å²) >= 11 is 1.33. The lowest BCUT2D eigenvalue weighted by atomic mass is 10.2. The minimum Gasteiger partial charge on any atom is -0.453 e. The number of hydrogen-bond acceptors (Lipinski definition) is 5. The van der Waals surface area contributed by atoms with Gasteiger partial charge >= 0.3 is 0 Å². The molecule has 1 unspecified atom stereocenters. The number of carbonyl (C=O) groups is 1. The van der Waals surface area contributed by atoms with E-state index in [9.17, 15) is 9.18 Å². The Kier molecular flexibility index (Phi) is 3.11. The molecule has 0 spiro atoms. The molecule has 3 aromatic rings. The monoisotopic (exact) mass is 290 g/mol. The molecule has 2 N–H and O–H groups in total. The Balaban J connectivity index is 1.98. The highest BCUT2D eigenvalue weighted by atomic mass is 32.1. The summed E-state index contributed by atoms with van der Waals surface area (Å²) in [6.45, 7) is 1.80. The van der Waals surface area contributed by atoms with Gasteiger partial charge in [0.2, 0.25) is 5.78 Å². The zero-order chi connectivity index (χ0) is 14.3. The molecule has 0 aliphatic rings. The molecule has 102 valence electrons. The van der Waals surface area contributed by atoms with Crippen molar-refractivity contribution < 1.29 is 13.6 Å². The van der Waals surface area contributed by atoms with Crippen molar-refractivity contribution >= 4 is 28.1 Å². The van der Waals surface area contributed by atoms with Crippen molar-refractivity contribution in [1.29, 1.82) is 0 Å². The van der Waals surface area contributed by atoms with E-state index in [1.165, 1.54) is 35.6 Å². The second-order valence-electron chi connectivity index (χ2n) is 4.48. The quantitative estimate of drug-likeness (QED) is 0.752. The standard InChI is InChI=1S/C14H11FN2O2S/c1-7(16)14-17-10(6-20-14)13(18)12-5-8-4-9(15)2-3-11(8)19-12/h2-7H,16H2,1H3. The Morgan fingerprint density at radius 2 is 2.25 bits per heavy atom. The number of halogens is 1. The molecule has 0 saturated heterocycles. The van der Waals surface area contributed by atoms with Gasteiger partial charge in [-0.15, -0.1) is 11.3 Å². The number of nitrogens with two attached hydrogens (primary N) is 1. The molecule has 0 aliphatic carbocycles. The first-order valence-electron chi connectivity index (χ1n) is 5.99. The summed E-state index contributed by atoms with van der Waals surface area (Å²) in [7, 11) is 0. The van der Waals surface area contributed by atoms with Crippen molar-refractivity contribution in [2.75, 3.05) is 0 Å². The summed E-state index contributed by atoms with van der Waals surface area (Å²) in [4.78, 5) is 16.4. The summed E-state index contributed by atoms with van der Waals surface area (Å²) in [6.07, 6.45) is 0. The zero-order valence-electron chi connectivity index (χ0n) is 10.6. The number of fused-ring (bicyclic) bond motifs is 1. The number of carbonyl (C=O) groups excluding carboxylic acids is 1. The molecule has 2 aromatic heterocycles. The average Bonchev–Trinajstić information content (AvgIpc) is 3.03. The largest absolute Gasteiger partial charge is 0.453 e. The SMILES string of the molecule is CC(N)c1nc(C(=O)c2cc3cc(F)ccc3o2)cs1. The highest BCUT2D eigenvalue weighted by Gasteiger charge is 2.18. The highest BCUT2D eigenvalue weighted by molar-refractivity contribution is 7.09. The van der Waals surface area contributed by atoms with Crippen LogP contribution in [0.5, 0.6) is 0 Å². The van der Waals surface area contributed by atoms with E-state index in [4.69, 9.17) is 10.2 Å². The average molecular weight is 290 g/mol. The molecule has 1 atom stereocenters. The first kappa shape index (κ1) is 13.0. The summed E-state index contributed by atoms with van der Waals surface area (Å²) in [5.74, 6) is -0.554. The number of ketones is 1. The van der Waals surface area contributed by atoms with Gasteiger partial charge in [-0.25, -0.2) is 9.37 Å². The molecule has 4 nitrogen and oxygen atoms in total. The topological polar surface area (TPSA) is 69.1 Å². The van der Waals surface area contributed by atoms with Gasteiger partial charge in [-0.3, -0.25) is 4.79 Å². The molecule has 0 bridgehead atoms. The van der Waals surface area contributed by atoms with Gasteiger partial charge in [0, 0.05) is 10.8 Å². The third-order valence-corrected chi connectivity index (χ3v) is 3.89. The third-order valence-electron chi connectivity index (χ3n) is 2.85. The first-order chi connectivity index (χ1) is 9.54. The van der Waals surface area contributed by atoms with Crippen LogP contribution < -0.4 is 5.73 Å². The van der Waals surface area contributed by atoms with Crippen molar-refractivity contribution in [3.05, 3.63) is 51.9 Å². The number of furan rings is 1. The van der Waals surface area contributed by atoms with Crippen molar-refractivity contribution in [1.82, 2.24) is 4.98 Å². The molecule has 0 fully saturated rings. The van der Waals surface area contributed by atoms with Crippen LogP contribution in [0.1, 0.15) is 34.2 Å². The molecule has 0 saturated carbocycles. The molecule has 20 heavy (non-hydrogen) atoms. The van der Waals surface area contributed by atoms with E-state index >= 15 is 0 Å². The maximum atomic E-state index is 13.1. The molecular weight excluding hydrogens is 279 g/mol. The lowest BCUT2D eigenvalue weighted by molar-refractivity contribution is 0.101. The normalized spacial score (nSPS) is 12.8. The van der Waals surface area contributed by atoms with Crippen molar-refractivity contribution in [3.63, 3.8) is 0 Å². The fourth-order valence-electron chi connectivity index (χ4n) is 1.85. The molecule has 3 rings (SSSR count). The van der Waals surface area contributed by atoms with E-state index in [0.717, 1.165) is 0 Å². The molecular formula is C14H11FN2O2S. The second kappa shape index (κ2) is 4.81. The van der Waals surface area contributed by atoms with E-state index in [0.29, 0.717) is 21.7 Å². The Morgan fingerprint density at radius 3 is 2.95 bits per heavy atom. The van der Waals surface area contributed by atoms with Gasteiger partial charge in [0.05, 0.1) is 6.04 Å². The van der Waals surface area contributed by atoms with Crippen LogP contribution in [-0.4, -0.2) is 10.8 Å². The maximum Gasteiger partial charge on any atom is 0.247 e. The fraction of sp³-hybridized carbons (Fsp3) is 0.143. The number of rotatable bonds is 3. The van der Waals surface area contributed by atoms with E-state index in [-0.39, 0.29) is 23.4 Å². The van der Waals surface area contributed by atoms with E-state index in [1.54, 1.807) is 12.3 Å². The van der Waals surface area contributed by atoms with E-state index in [2.05, 4.69) is 4.98 Å². The molecule has 6 heteroatoms. The number of thiazole rings is 1. The van der Waals surface area contributed by atoms with Gasteiger partial charge in [0.1, 0.15) is 22.1 Å². The van der Waals surface area contributed by atoms with E-state index in [1.807, 2.05) is 0 Å². The molecule has 0 radical (unpaired) electrons. The van der Waals surface area contributed by atoms with Gasteiger partial charge in [-0.05, 0) is 31.2 Å². The predicted octanol–water partition coefficient (Wildman–Crippen LogP) is 3.28. The maximum absolute atomic E-state index is 13.1.